The predicted octanol–water partition coefficient (Wildman–Crippen LogP) is 4.47. The Hall–Kier alpha value is -0.430. The molecule has 0 aliphatic heterocycles. The fourth-order valence-electron chi connectivity index (χ4n) is 2.38. The summed E-state index contributed by atoms with van der Waals surface area (Å²) in [6.07, 6.45) is 1.71. The lowest BCUT2D eigenvalue weighted by molar-refractivity contribution is -0.0293. The Kier molecular flexibility index (Phi) is 6.40. The van der Waals surface area contributed by atoms with Crippen molar-refractivity contribution in [2.75, 3.05) is 19.0 Å². The van der Waals surface area contributed by atoms with Crippen molar-refractivity contribution in [2.24, 2.45) is 0 Å². The van der Waals surface area contributed by atoms with Crippen molar-refractivity contribution in [1.82, 2.24) is 9.97 Å². The van der Waals surface area contributed by atoms with E-state index < -0.39 is 5.60 Å². The highest BCUT2D eigenvalue weighted by molar-refractivity contribution is 14.1. The van der Waals surface area contributed by atoms with Crippen LogP contribution in [0.3, 0.4) is 0 Å². The van der Waals surface area contributed by atoms with E-state index in [1.165, 1.54) is 0 Å². The number of nitrogens with one attached hydrogen (secondary N) is 1. The van der Waals surface area contributed by atoms with Gasteiger partial charge in [-0.15, -0.1) is 0 Å². The Morgan fingerprint density at radius 3 is 2.05 bits per heavy atom. The molecule has 0 aliphatic rings. The van der Waals surface area contributed by atoms with E-state index in [-0.39, 0.29) is 5.41 Å². The molecule has 1 aromatic rings. The standard InChI is InChI=1S/C16H28IN3O/c1-8-16(9-2,21-7)14-19-12(15(4,5)6)11(17)13(20-14)18-10-3/h8-10H2,1-7H3,(H,18,19,20). The van der Waals surface area contributed by atoms with Crippen LogP contribution >= 0.6 is 22.6 Å². The predicted molar refractivity (Wildman–Crippen MR) is 96.9 cm³/mol. The largest absolute Gasteiger partial charge is 0.370 e. The maximum Gasteiger partial charge on any atom is 0.162 e. The summed E-state index contributed by atoms with van der Waals surface area (Å²) in [6.45, 7) is 13.7. The van der Waals surface area contributed by atoms with Crippen molar-refractivity contribution < 1.29 is 4.74 Å². The van der Waals surface area contributed by atoms with E-state index >= 15 is 0 Å². The first-order chi connectivity index (χ1) is 9.75. The first-order valence-corrected chi connectivity index (χ1v) is 8.71. The molecule has 0 amide bonds. The quantitative estimate of drug-likeness (QED) is 0.710. The van der Waals surface area contributed by atoms with Gasteiger partial charge in [0.25, 0.3) is 0 Å². The second kappa shape index (κ2) is 7.22. The molecule has 5 heteroatoms. The number of hydrogen-bond acceptors (Lipinski definition) is 4. The molecule has 0 aromatic carbocycles. The molecule has 0 bridgehead atoms. The molecule has 0 saturated carbocycles. The van der Waals surface area contributed by atoms with Gasteiger partial charge >= 0.3 is 0 Å². The second-order valence-corrected chi connectivity index (χ2v) is 7.32. The molecule has 0 spiro atoms. The van der Waals surface area contributed by atoms with Gasteiger partial charge in [0.05, 0.1) is 9.26 Å². The number of methoxy groups -OCH3 is 1. The Labute approximate surface area is 142 Å². The van der Waals surface area contributed by atoms with E-state index in [4.69, 9.17) is 14.7 Å². The van der Waals surface area contributed by atoms with Crippen LogP contribution in [0.25, 0.3) is 0 Å². The zero-order valence-electron chi connectivity index (χ0n) is 14.3. The maximum absolute atomic E-state index is 5.81. The minimum absolute atomic E-state index is 0.0284. The summed E-state index contributed by atoms with van der Waals surface area (Å²) in [4.78, 5) is 9.65. The minimum atomic E-state index is -0.408. The van der Waals surface area contributed by atoms with Crippen LogP contribution in [-0.2, 0) is 15.8 Å². The zero-order valence-corrected chi connectivity index (χ0v) is 16.5. The number of rotatable bonds is 6. The average Bonchev–Trinajstić information content (AvgIpc) is 2.43. The average molecular weight is 405 g/mol. The Morgan fingerprint density at radius 2 is 1.67 bits per heavy atom. The van der Waals surface area contributed by atoms with Crippen LogP contribution in [0.15, 0.2) is 0 Å². The molecule has 0 fully saturated rings. The van der Waals surface area contributed by atoms with E-state index in [0.29, 0.717) is 0 Å². The van der Waals surface area contributed by atoms with E-state index in [1.807, 2.05) is 0 Å². The van der Waals surface area contributed by atoms with Gasteiger partial charge < -0.3 is 10.1 Å². The topological polar surface area (TPSA) is 47.0 Å². The molecule has 120 valence electrons. The van der Waals surface area contributed by atoms with Gasteiger partial charge in [0.2, 0.25) is 0 Å². The van der Waals surface area contributed by atoms with Gasteiger partial charge in [-0.05, 0) is 42.4 Å². The van der Waals surface area contributed by atoms with Crippen molar-refractivity contribution >= 4 is 28.4 Å². The number of nitrogens with zero attached hydrogens (tertiary/aromatic N) is 2. The summed E-state index contributed by atoms with van der Waals surface area (Å²) in [5.74, 6) is 1.70. The molecule has 0 saturated heterocycles. The lowest BCUT2D eigenvalue weighted by Gasteiger charge is -2.31. The molecule has 0 aliphatic carbocycles. The SMILES string of the molecule is CCNc1nc(C(CC)(CC)OC)nc(C(C)(C)C)c1I. The summed E-state index contributed by atoms with van der Waals surface area (Å²) in [6, 6.07) is 0. The minimum Gasteiger partial charge on any atom is -0.370 e. The van der Waals surface area contributed by atoms with Crippen LogP contribution in [0.5, 0.6) is 0 Å². The fraction of sp³-hybridized carbons (Fsp3) is 0.750. The van der Waals surface area contributed by atoms with Gasteiger partial charge in [-0.25, -0.2) is 9.97 Å². The molecule has 4 nitrogen and oxygen atoms in total. The highest BCUT2D eigenvalue weighted by atomic mass is 127. The summed E-state index contributed by atoms with van der Waals surface area (Å²) in [7, 11) is 1.75. The molecule has 1 rings (SSSR count). The lowest BCUT2D eigenvalue weighted by Crippen LogP contribution is -2.32. The van der Waals surface area contributed by atoms with Gasteiger partial charge in [-0.2, -0.15) is 0 Å². The Bertz CT molecular complexity index is 471. The normalized spacial score (nSPS) is 12.6. The van der Waals surface area contributed by atoms with Crippen molar-refractivity contribution in [3.8, 4) is 0 Å². The van der Waals surface area contributed by atoms with Crippen LogP contribution in [0, 0.1) is 3.57 Å². The Morgan fingerprint density at radius 1 is 1.10 bits per heavy atom. The third-order valence-corrected chi connectivity index (χ3v) is 4.87. The van der Waals surface area contributed by atoms with Crippen molar-refractivity contribution in [3.63, 3.8) is 0 Å². The Balaban J connectivity index is 3.57. The smallest absolute Gasteiger partial charge is 0.162 e. The number of halogens is 1. The van der Waals surface area contributed by atoms with E-state index in [0.717, 1.165) is 40.3 Å². The molecular weight excluding hydrogens is 377 g/mol. The van der Waals surface area contributed by atoms with Crippen LogP contribution in [0.4, 0.5) is 5.82 Å². The zero-order chi connectivity index (χ0) is 16.3. The van der Waals surface area contributed by atoms with Crippen LogP contribution in [-0.4, -0.2) is 23.6 Å². The summed E-state index contributed by atoms with van der Waals surface area (Å²) in [5, 5.41) is 3.36. The molecular formula is C16H28IN3O. The maximum atomic E-state index is 5.81. The van der Waals surface area contributed by atoms with E-state index in [9.17, 15) is 0 Å². The van der Waals surface area contributed by atoms with Crippen LogP contribution in [0.2, 0.25) is 0 Å². The highest BCUT2D eigenvalue weighted by Gasteiger charge is 2.34. The first kappa shape index (κ1) is 18.6. The lowest BCUT2D eigenvalue weighted by atomic mass is 9.90. The van der Waals surface area contributed by atoms with Gasteiger partial charge in [0, 0.05) is 19.1 Å². The van der Waals surface area contributed by atoms with E-state index in [1.54, 1.807) is 7.11 Å². The third-order valence-electron chi connectivity index (χ3n) is 3.85. The molecule has 0 radical (unpaired) electrons. The molecule has 1 N–H and O–H groups in total. The summed E-state index contributed by atoms with van der Waals surface area (Å²) < 4.78 is 6.91. The molecule has 0 unspecified atom stereocenters. The van der Waals surface area contributed by atoms with Gasteiger partial charge in [-0.3, -0.25) is 0 Å². The van der Waals surface area contributed by atoms with Crippen molar-refractivity contribution in [1.29, 1.82) is 0 Å². The molecule has 0 atom stereocenters. The fourth-order valence-corrected chi connectivity index (χ4v) is 3.62. The van der Waals surface area contributed by atoms with Crippen LogP contribution in [0.1, 0.15) is 65.9 Å². The summed E-state index contributed by atoms with van der Waals surface area (Å²) in [5.41, 5.74) is 0.640. The van der Waals surface area contributed by atoms with Gasteiger partial charge in [-0.1, -0.05) is 34.6 Å². The first-order valence-electron chi connectivity index (χ1n) is 7.63. The third kappa shape index (κ3) is 3.86. The summed E-state index contributed by atoms with van der Waals surface area (Å²) >= 11 is 2.34. The number of hydrogen-bond donors (Lipinski definition) is 1. The molecule has 21 heavy (non-hydrogen) atoms. The van der Waals surface area contributed by atoms with Crippen molar-refractivity contribution in [2.45, 2.75) is 65.4 Å². The molecule has 1 aromatic heterocycles. The number of ether oxygens (including phenoxy) is 1. The number of aromatic nitrogens is 2. The van der Waals surface area contributed by atoms with E-state index in [2.05, 4.69) is 69.5 Å². The second-order valence-electron chi connectivity index (χ2n) is 6.24. The van der Waals surface area contributed by atoms with Crippen molar-refractivity contribution in [3.05, 3.63) is 15.1 Å². The van der Waals surface area contributed by atoms with Crippen LogP contribution < -0.4 is 5.32 Å². The van der Waals surface area contributed by atoms with Gasteiger partial charge in [0.1, 0.15) is 11.4 Å². The molecule has 1 heterocycles. The monoisotopic (exact) mass is 405 g/mol. The number of anilines is 1. The van der Waals surface area contributed by atoms with Gasteiger partial charge in [0.15, 0.2) is 5.82 Å². The highest BCUT2D eigenvalue weighted by Crippen LogP contribution is 2.35.